The van der Waals surface area contributed by atoms with Crippen LogP contribution in [0.1, 0.15) is 40.8 Å². The van der Waals surface area contributed by atoms with Gasteiger partial charge in [0.05, 0.1) is 51.7 Å². The third kappa shape index (κ3) is 6.54. The number of benzene rings is 4. The van der Waals surface area contributed by atoms with Crippen molar-refractivity contribution in [3.8, 4) is 17.6 Å². The second-order valence-electron chi connectivity index (χ2n) is 10.5. The molecule has 0 saturated carbocycles. The molecule has 6 rings (SSSR count). The molecule has 1 aromatic heterocycles. The van der Waals surface area contributed by atoms with Gasteiger partial charge in [0.2, 0.25) is 0 Å². The lowest BCUT2D eigenvalue weighted by atomic mass is 9.93. The van der Waals surface area contributed by atoms with E-state index in [0.717, 1.165) is 16.7 Å². The molecule has 0 N–H and O–H groups in total. The lowest BCUT2D eigenvalue weighted by Crippen LogP contribution is -2.39. The number of fused-ring (bicyclic) bond motifs is 1. The Morgan fingerprint density at radius 2 is 1.74 bits per heavy atom. The molecular weight excluding hydrogens is 678 g/mol. The average molecular weight is 707 g/mol. The summed E-state index contributed by atoms with van der Waals surface area (Å²) in [4.78, 5) is 33.2. The molecule has 5 aromatic rings. The number of carbonyl (C=O) groups is 1. The predicted octanol–water partition coefficient (Wildman–Crippen LogP) is 6.16. The standard InChI is InChI=1S/C37H28BrN3O5S/c1-3-45-36(43)31-32(26-10-6-4-7-11-26)40-37-41(33(31)27-12-8-5-9-13-27)35(42)30(47-37)20-25-18-28(38)34(29(19-25)44-2)46-22-24-16-14-23(21-39)15-17-24/h4-20,33H,3,22H2,1-2H3/b30-20-/t33-/m0/s1. The summed E-state index contributed by atoms with van der Waals surface area (Å²) in [5, 5.41) is 9.06. The van der Waals surface area contributed by atoms with E-state index in [4.69, 9.17) is 24.5 Å². The Hall–Kier alpha value is -5.24. The molecule has 10 heteroatoms. The summed E-state index contributed by atoms with van der Waals surface area (Å²) in [7, 11) is 1.55. The zero-order valence-electron chi connectivity index (χ0n) is 25.5. The van der Waals surface area contributed by atoms with Crippen LogP contribution in [0.2, 0.25) is 0 Å². The minimum Gasteiger partial charge on any atom is -0.493 e. The minimum atomic E-state index is -0.747. The maximum absolute atomic E-state index is 14.2. The van der Waals surface area contributed by atoms with Crippen LogP contribution in [0, 0.1) is 11.3 Å². The quantitative estimate of drug-likeness (QED) is 0.170. The van der Waals surface area contributed by atoms with E-state index in [2.05, 4.69) is 22.0 Å². The van der Waals surface area contributed by atoms with Crippen molar-refractivity contribution in [1.82, 2.24) is 4.57 Å². The van der Waals surface area contributed by atoms with E-state index < -0.39 is 12.0 Å². The Bertz CT molecular complexity index is 2200. The molecule has 0 aliphatic carbocycles. The molecule has 0 fully saturated rings. The number of carbonyl (C=O) groups excluding carboxylic acids is 1. The topological polar surface area (TPSA) is 103 Å². The molecule has 0 bridgehead atoms. The average Bonchev–Trinajstić information content (AvgIpc) is 3.41. The van der Waals surface area contributed by atoms with Gasteiger partial charge in [0, 0.05) is 5.56 Å². The summed E-state index contributed by atoms with van der Waals surface area (Å²) >= 11 is 4.86. The molecule has 234 valence electrons. The number of nitriles is 1. The fourth-order valence-corrected chi connectivity index (χ4v) is 6.91. The zero-order valence-corrected chi connectivity index (χ0v) is 27.9. The van der Waals surface area contributed by atoms with Crippen LogP contribution >= 0.6 is 27.3 Å². The highest BCUT2D eigenvalue weighted by molar-refractivity contribution is 9.10. The van der Waals surface area contributed by atoms with E-state index in [0.29, 0.717) is 47.7 Å². The smallest absolute Gasteiger partial charge is 0.338 e. The van der Waals surface area contributed by atoms with E-state index in [9.17, 15) is 9.59 Å². The van der Waals surface area contributed by atoms with Crippen molar-refractivity contribution in [2.75, 3.05) is 13.7 Å². The molecule has 0 spiro atoms. The first-order valence-electron chi connectivity index (χ1n) is 14.7. The van der Waals surface area contributed by atoms with Crippen molar-refractivity contribution in [3.05, 3.63) is 155 Å². The van der Waals surface area contributed by atoms with Gasteiger partial charge in [0.25, 0.3) is 5.56 Å². The molecule has 1 atom stereocenters. The number of ether oxygens (including phenoxy) is 3. The minimum absolute atomic E-state index is 0.181. The number of aromatic nitrogens is 1. The Kier molecular flexibility index (Phi) is 9.47. The van der Waals surface area contributed by atoms with Crippen molar-refractivity contribution in [2.24, 2.45) is 4.99 Å². The molecule has 0 unspecified atom stereocenters. The fourth-order valence-electron chi connectivity index (χ4n) is 5.34. The molecule has 8 nitrogen and oxygen atoms in total. The van der Waals surface area contributed by atoms with Gasteiger partial charge in [0.1, 0.15) is 6.61 Å². The first kappa shape index (κ1) is 31.7. The largest absolute Gasteiger partial charge is 0.493 e. The van der Waals surface area contributed by atoms with Gasteiger partial charge < -0.3 is 14.2 Å². The third-order valence-electron chi connectivity index (χ3n) is 7.50. The summed E-state index contributed by atoms with van der Waals surface area (Å²) in [6, 6.07) is 31.1. The number of methoxy groups -OCH3 is 1. The van der Waals surface area contributed by atoms with E-state index in [1.54, 1.807) is 42.9 Å². The maximum Gasteiger partial charge on any atom is 0.338 e. The second-order valence-corrected chi connectivity index (χ2v) is 12.3. The van der Waals surface area contributed by atoms with Crippen LogP contribution in [-0.2, 0) is 16.1 Å². The maximum atomic E-state index is 14.2. The SMILES string of the molecule is CCOC(=O)C1=C(c2ccccc2)N=c2s/c(=C\c3cc(Br)c(OCc4ccc(C#N)cc4)c(OC)c3)c(=O)n2[C@H]1c1ccccc1. The fraction of sp³-hybridized carbons (Fsp3) is 0.135. The highest BCUT2D eigenvalue weighted by Crippen LogP contribution is 2.38. The summed E-state index contributed by atoms with van der Waals surface area (Å²) in [6.45, 7) is 2.20. The Balaban J connectivity index is 1.46. The van der Waals surface area contributed by atoms with Crippen LogP contribution in [0.3, 0.4) is 0 Å². The summed E-state index contributed by atoms with van der Waals surface area (Å²) in [5.74, 6) is 0.458. The highest BCUT2D eigenvalue weighted by Gasteiger charge is 2.35. The lowest BCUT2D eigenvalue weighted by molar-refractivity contribution is -0.138. The number of halogens is 1. The number of hydrogen-bond donors (Lipinski definition) is 0. The molecule has 47 heavy (non-hydrogen) atoms. The van der Waals surface area contributed by atoms with Crippen LogP contribution in [0.15, 0.2) is 117 Å². The van der Waals surface area contributed by atoms with Crippen LogP contribution in [0.5, 0.6) is 11.5 Å². The molecule has 1 aliphatic rings. The number of thiazole rings is 1. The Morgan fingerprint density at radius 1 is 1.04 bits per heavy atom. The van der Waals surface area contributed by atoms with Gasteiger partial charge in [0.15, 0.2) is 16.3 Å². The molecule has 2 heterocycles. The van der Waals surface area contributed by atoms with E-state index >= 15 is 0 Å². The first-order chi connectivity index (χ1) is 22.9. The normalized spacial score (nSPS) is 14.2. The number of esters is 1. The van der Waals surface area contributed by atoms with Crippen LogP contribution in [-0.4, -0.2) is 24.3 Å². The van der Waals surface area contributed by atoms with Crippen LogP contribution in [0.4, 0.5) is 0 Å². The molecule has 0 radical (unpaired) electrons. The van der Waals surface area contributed by atoms with Crippen molar-refractivity contribution in [1.29, 1.82) is 5.26 Å². The third-order valence-corrected chi connectivity index (χ3v) is 9.08. The summed E-state index contributed by atoms with van der Waals surface area (Å²) < 4.78 is 19.9. The van der Waals surface area contributed by atoms with Gasteiger partial charge in [-0.05, 0) is 69.9 Å². The van der Waals surface area contributed by atoms with Gasteiger partial charge in [-0.25, -0.2) is 9.79 Å². The molecule has 4 aromatic carbocycles. The number of nitrogens with zero attached hydrogens (tertiary/aromatic N) is 3. The monoisotopic (exact) mass is 705 g/mol. The van der Waals surface area contributed by atoms with Crippen molar-refractivity contribution >= 4 is 45.0 Å². The predicted molar refractivity (Wildman–Crippen MR) is 184 cm³/mol. The van der Waals surface area contributed by atoms with E-state index in [-0.39, 0.29) is 18.8 Å². The van der Waals surface area contributed by atoms with Crippen LogP contribution in [0.25, 0.3) is 11.8 Å². The molecular formula is C37H28BrN3O5S. The Morgan fingerprint density at radius 3 is 2.40 bits per heavy atom. The van der Waals surface area contributed by atoms with E-state index in [1.807, 2.05) is 78.9 Å². The van der Waals surface area contributed by atoms with Gasteiger partial charge >= 0.3 is 5.97 Å². The van der Waals surface area contributed by atoms with Gasteiger partial charge in [-0.1, -0.05) is 84.1 Å². The summed E-state index contributed by atoms with van der Waals surface area (Å²) in [6.07, 6.45) is 1.78. The Labute approximate surface area is 283 Å². The van der Waals surface area contributed by atoms with Gasteiger partial charge in [-0.3, -0.25) is 9.36 Å². The second kappa shape index (κ2) is 14.0. The first-order valence-corrected chi connectivity index (χ1v) is 16.4. The number of hydrogen-bond acceptors (Lipinski definition) is 8. The molecule has 0 saturated heterocycles. The van der Waals surface area contributed by atoms with Crippen molar-refractivity contribution in [3.63, 3.8) is 0 Å². The van der Waals surface area contributed by atoms with Crippen LogP contribution < -0.4 is 24.4 Å². The molecule has 1 aliphatic heterocycles. The zero-order chi connectivity index (χ0) is 32.9. The number of rotatable bonds is 9. The highest BCUT2D eigenvalue weighted by atomic mass is 79.9. The van der Waals surface area contributed by atoms with Crippen molar-refractivity contribution in [2.45, 2.75) is 19.6 Å². The van der Waals surface area contributed by atoms with E-state index in [1.165, 1.54) is 11.3 Å². The molecule has 0 amide bonds. The summed E-state index contributed by atoms with van der Waals surface area (Å²) in [5.41, 5.74) is 4.18. The van der Waals surface area contributed by atoms with Gasteiger partial charge in [-0.2, -0.15) is 5.26 Å². The van der Waals surface area contributed by atoms with Gasteiger partial charge in [-0.15, -0.1) is 0 Å². The van der Waals surface area contributed by atoms with Crippen molar-refractivity contribution < 1.29 is 19.0 Å². The lowest BCUT2D eigenvalue weighted by Gasteiger charge is -2.25.